The Hall–Kier alpha value is -6.38. The van der Waals surface area contributed by atoms with Gasteiger partial charge in [-0.2, -0.15) is 0 Å². The molecule has 280 valence electrons. The molecule has 58 heavy (non-hydrogen) atoms. The molecular formula is C57H48Si. The Bertz CT molecular complexity index is 3320. The maximum absolute atomic E-state index is 5.66. The Morgan fingerprint density at radius 1 is 0.345 bits per heavy atom. The van der Waals surface area contributed by atoms with Gasteiger partial charge in [-0.05, 0) is 188 Å². The molecule has 0 unspecified atom stereocenters. The number of hydrogen-bond acceptors (Lipinski definition) is 0. The maximum atomic E-state index is 5.66. The molecule has 0 aliphatic carbocycles. The Morgan fingerprint density at radius 2 is 0.638 bits per heavy atom. The zero-order valence-electron chi connectivity index (χ0n) is 34.3. The fourth-order valence-corrected chi connectivity index (χ4v) is 15.0. The molecule has 1 heteroatoms. The van der Waals surface area contributed by atoms with Gasteiger partial charge in [-0.15, -0.1) is 12.0 Å². The minimum absolute atomic E-state index is 0.636. The van der Waals surface area contributed by atoms with E-state index in [-0.39, 0.29) is 0 Å². The topological polar surface area (TPSA) is 0 Å². The van der Waals surface area contributed by atoms with E-state index >= 15 is 0 Å². The third kappa shape index (κ3) is 6.57. The molecule has 0 atom stereocenters. The molecule has 0 radical (unpaired) electrons. The van der Waals surface area contributed by atoms with Crippen LogP contribution in [0, 0.1) is 23.8 Å². The smallest absolute Gasteiger partial charge is 0.125 e. The van der Waals surface area contributed by atoms with Crippen LogP contribution < -0.4 is 0 Å². The predicted octanol–water partition coefficient (Wildman–Crippen LogP) is 16.1. The summed E-state index contributed by atoms with van der Waals surface area (Å²) in [5.74, 6) is 6.51. The van der Waals surface area contributed by atoms with Crippen LogP contribution >= 0.6 is 0 Å². The van der Waals surface area contributed by atoms with Gasteiger partial charge in [0.25, 0.3) is 0 Å². The molecule has 0 aliphatic heterocycles. The average Bonchev–Trinajstić information content (AvgIpc) is 3.22. The van der Waals surface area contributed by atoms with Crippen molar-refractivity contribution in [3.8, 4) is 23.8 Å². The quantitative estimate of drug-likeness (QED) is 0.0956. The summed E-state index contributed by atoms with van der Waals surface area (Å²) in [4.78, 5) is 0. The first-order chi connectivity index (χ1) is 28.1. The second-order valence-electron chi connectivity index (χ2n) is 17.0. The van der Waals surface area contributed by atoms with Gasteiger partial charge in [0.1, 0.15) is 8.07 Å². The summed E-state index contributed by atoms with van der Waals surface area (Å²) >= 11 is 0. The monoisotopic (exact) mass is 760 g/mol. The van der Waals surface area contributed by atoms with Crippen LogP contribution in [0.2, 0.25) is 16.6 Å². The fraction of sp³-hybridized carbons (Fsp3) is 0.158. The normalized spacial score (nSPS) is 11.9. The summed E-state index contributed by atoms with van der Waals surface area (Å²) in [6.45, 7) is 14.3. The molecule has 0 spiro atoms. The highest BCUT2D eigenvalue weighted by molar-refractivity contribution is 6.90. The minimum Gasteiger partial charge on any atom is -0.125 e. The van der Waals surface area contributed by atoms with E-state index in [4.69, 9.17) is 6.42 Å². The predicted molar refractivity (Wildman–Crippen MR) is 259 cm³/mol. The van der Waals surface area contributed by atoms with E-state index in [1.807, 2.05) is 12.1 Å². The number of rotatable bonds is 3. The van der Waals surface area contributed by atoms with Crippen molar-refractivity contribution in [1.29, 1.82) is 0 Å². The van der Waals surface area contributed by atoms with E-state index in [1.54, 1.807) is 0 Å². The van der Waals surface area contributed by atoms with E-state index in [2.05, 4.69) is 205 Å². The van der Waals surface area contributed by atoms with E-state index in [9.17, 15) is 0 Å². The number of terminal acetylenes is 1. The van der Waals surface area contributed by atoms with E-state index in [0.717, 1.165) is 16.5 Å². The molecule has 10 rings (SSSR count). The highest BCUT2D eigenvalue weighted by atomic mass is 28.3. The van der Waals surface area contributed by atoms with Crippen molar-refractivity contribution < 1.29 is 0 Å². The largest absolute Gasteiger partial charge is 0.146 e. The molecule has 0 heterocycles. The molecule has 0 aromatic heterocycles. The molecule has 0 saturated carbocycles. The van der Waals surface area contributed by atoms with Gasteiger partial charge < -0.3 is 0 Å². The number of fused-ring (bicyclic) bond motifs is 8. The molecule has 0 amide bonds. The van der Waals surface area contributed by atoms with Gasteiger partial charge in [-0.25, -0.2) is 0 Å². The summed E-state index contributed by atoms with van der Waals surface area (Å²) in [7, 11) is -1.77. The van der Waals surface area contributed by atoms with Crippen LogP contribution in [0.4, 0.5) is 0 Å². The zero-order chi connectivity index (χ0) is 40.1. The van der Waals surface area contributed by atoms with Crippen molar-refractivity contribution in [1.82, 2.24) is 0 Å². The van der Waals surface area contributed by atoms with Gasteiger partial charge in [0, 0.05) is 11.1 Å². The summed E-state index contributed by atoms with van der Waals surface area (Å²) in [5.41, 5.74) is 7.95. The lowest BCUT2D eigenvalue weighted by Gasteiger charge is -2.38. The first-order valence-corrected chi connectivity index (χ1v) is 22.9. The van der Waals surface area contributed by atoms with Crippen molar-refractivity contribution in [2.75, 3.05) is 0 Å². The molecule has 0 N–H and O–H groups in total. The molecule has 10 aromatic carbocycles. The molecule has 0 saturated heterocycles. The molecule has 0 nitrogen and oxygen atoms in total. The van der Waals surface area contributed by atoms with Crippen LogP contribution in [0.25, 0.3) is 86.2 Å². The number of benzene rings is 10. The van der Waals surface area contributed by atoms with Gasteiger partial charge in [-0.3, -0.25) is 0 Å². The SMILES string of the molecule is C#Cc1cccc2cc3cc4cc5ccccc5cc4cc3cc12.CC(C)[Si](C#Cc1cccc2cc3cc4cc5ccccc5cc4cc3cc12)(C(C)C)C(C)C. The van der Waals surface area contributed by atoms with Crippen molar-refractivity contribution in [3.05, 3.63) is 169 Å². The van der Waals surface area contributed by atoms with Crippen LogP contribution in [0.3, 0.4) is 0 Å². The lowest BCUT2D eigenvalue weighted by molar-refractivity contribution is 0.838. The Kier molecular flexibility index (Phi) is 9.52. The van der Waals surface area contributed by atoms with Gasteiger partial charge in [0.15, 0.2) is 0 Å². The summed E-state index contributed by atoms with van der Waals surface area (Å²) in [6.07, 6.45) is 5.66. The third-order valence-electron chi connectivity index (χ3n) is 12.7. The van der Waals surface area contributed by atoms with Crippen LogP contribution in [0.5, 0.6) is 0 Å². The first-order valence-electron chi connectivity index (χ1n) is 20.7. The van der Waals surface area contributed by atoms with Gasteiger partial charge in [-0.1, -0.05) is 126 Å². The Balaban J connectivity index is 0.000000159. The standard InChI is InChI=1S/C33H34Si.C24H14/c1-22(2)34(23(3)4,24(5)6)15-14-25-12-9-13-28-18-31-19-29-16-26-10-7-8-11-27(26)17-30(29)20-32(31)21-33(25)28;1-2-16-8-5-9-19-12-22-13-20-10-17-6-3-4-7-18(17)11-21(20)14-23(22)15-24(16)19/h7-13,16-24H,1-6H3;1,3-15H. The molecular weight excluding hydrogens is 713 g/mol. The van der Waals surface area contributed by atoms with E-state index in [1.165, 1.54) is 80.8 Å². The summed E-state index contributed by atoms with van der Waals surface area (Å²) in [5, 5.41) is 20.2. The van der Waals surface area contributed by atoms with Crippen molar-refractivity contribution in [2.24, 2.45) is 0 Å². The minimum atomic E-state index is -1.77. The highest BCUT2D eigenvalue weighted by Crippen LogP contribution is 2.41. The summed E-state index contributed by atoms with van der Waals surface area (Å²) < 4.78 is 0. The Labute approximate surface area is 343 Å². The Morgan fingerprint density at radius 3 is 1.00 bits per heavy atom. The maximum Gasteiger partial charge on any atom is 0.146 e. The molecule has 10 aromatic rings. The average molecular weight is 761 g/mol. The molecule has 0 fully saturated rings. The van der Waals surface area contributed by atoms with Crippen LogP contribution in [0.15, 0.2) is 158 Å². The van der Waals surface area contributed by atoms with Crippen molar-refractivity contribution >= 4 is 94.3 Å². The van der Waals surface area contributed by atoms with Crippen molar-refractivity contribution in [2.45, 2.75) is 58.2 Å². The van der Waals surface area contributed by atoms with Crippen LogP contribution in [-0.2, 0) is 0 Å². The van der Waals surface area contributed by atoms with Gasteiger partial charge >= 0.3 is 0 Å². The van der Waals surface area contributed by atoms with E-state index in [0.29, 0.717) is 16.6 Å². The number of hydrogen-bond donors (Lipinski definition) is 0. The van der Waals surface area contributed by atoms with Gasteiger partial charge in [0.2, 0.25) is 0 Å². The second-order valence-corrected chi connectivity index (χ2v) is 22.6. The van der Waals surface area contributed by atoms with Crippen LogP contribution in [-0.4, -0.2) is 8.07 Å². The lowest BCUT2D eigenvalue weighted by atomic mass is 9.96. The van der Waals surface area contributed by atoms with Crippen LogP contribution in [0.1, 0.15) is 52.7 Å². The van der Waals surface area contributed by atoms with E-state index < -0.39 is 8.07 Å². The van der Waals surface area contributed by atoms with Gasteiger partial charge in [0.05, 0.1) is 0 Å². The zero-order valence-corrected chi connectivity index (χ0v) is 35.3. The highest BCUT2D eigenvalue weighted by Gasteiger charge is 2.41. The first kappa shape index (κ1) is 37.2. The molecule has 0 aliphatic rings. The third-order valence-corrected chi connectivity index (χ3v) is 19.0. The lowest BCUT2D eigenvalue weighted by Crippen LogP contribution is -2.43. The fourth-order valence-electron chi connectivity index (χ4n) is 9.78. The second kappa shape index (κ2) is 14.8. The summed E-state index contributed by atoms with van der Waals surface area (Å²) in [6, 6.07) is 57.4. The molecule has 0 bridgehead atoms. The van der Waals surface area contributed by atoms with Crippen molar-refractivity contribution in [3.63, 3.8) is 0 Å².